The first-order valence-corrected chi connectivity index (χ1v) is 8.13. The molecule has 2 fully saturated rings. The summed E-state index contributed by atoms with van der Waals surface area (Å²) in [5, 5.41) is 0. The monoisotopic (exact) mass is 257 g/mol. The second-order valence-corrected chi connectivity index (χ2v) is 6.53. The predicted molar refractivity (Wildman–Crippen MR) is 81.4 cm³/mol. The van der Waals surface area contributed by atoms with E-state index >= 15 is 0 Å². The SMILES string of the molecule is CC(C1CCCCC1)N1CCC(c2ccccc2)C1. The maximum atomic E-state index is 2.76. The molecule has 1 nitrogen and oxygen atoms in total. The van der Waals surface area contributed by atoms with Crippen LogP contribution in [-0.4, -0.2) is 24.0 Å². The molecule has 1 heterocycles. The highest BCUT2D eigenvalue weighted by atomic mass is 15.2. The van der Waals surface area contributed by atoms with Crippen molar-refractivity contribution < 1.29 is 0 Å². The highest BCUT2D eigenvalue weighted by Crippen LogP contribution is 2.34. The van der Waals surface area contributed by atoms with Crippen LogP contribution in [0, 0.1) is 5.92 Å². The van der Waals surface area contributed by atoms with Crippen molar-refractivity contribution in [1.29, 1.82) is 0 Å². The maximum Gasteiger partial charge on any atom is 0.00954 e. The van der Waals surface area contributed by atoms with E-state index in [1.165, 1.54) is 51.6 Å². The van der Waals surface area contributed by atoms with Crippen molar-refractivity contribution in [3.63, 3.8) is 0 Å². The van der Waals surface area contributed by atoms with Crippen molar-refractivity contribution in [2.24, 2.45) is 5.92 Å². The zero-order chi connectivity index (χ0) is 13.1. The van der Waals surface area contributed by atoms with Gasteiger partial charge in [-0.15, -0.1) is 0 Å². The van der Waals surface area contributed by atoms with Gasteiger partial charge in [0.05, 0.1) is 0 Å². The summed E-state index contributed by atoms with van der Waals surface area (Å²) in [5.74, 6) is 1.73. The van der Waals surface area contributed by atoms with E-state index < -0.39 is 0 Å². The normalized spacial score (nSPS) is 27.5. The van der Waals surface area contributed by atoms with Gasteiger partial charge in [0.15, 0.2) is 0 Å². The molecule has 2 unspecified atom stereocenters. The minimum atomic E-state index is 0.771. The van der Waals surface area contributed by atoms with E-state index in [9.17, 15) is 0 Å². The fourth-order valence-electron chi connectivity index (χ4n) is 4.07. The molecule has 1 aliphatic heterocycles. The van der Waals surface area contributed by atoms with Crippen molar-refractivity contribution in [2.45, 2.75) is 57.4 Å². The molecule has 1 heteroatoms. The van der Waals surface area contributed by atoms with Gasteiger partial charge in [0.2, 0.25) is 0 Å². The van der Waals surface area contributed by atoms with Crippen LogP contribution in [0.25, 0.3) is 0 Å². The number of benzene rings is 1. The van der Waals surface area contributed by atoms with E-state index in [2.05, 4.69) is 42.2 Å². The van der Waals surface area contributed by atoms with Gasteiger partial charge in [-0.2, -0.15) is 0 Å². The van der Waals surface area contributed by atoms with Crippen LogP contribution in [-0.2, 0) is 0 Å². The number of hydrogen-bond donors (Lipinski definition) is 0. The lowest BCUT2D eigenvalue weighted by molar-refractivity contribution is 0.155. The zero-order valence-electron chi connectivity index (χ0n) is 12.2. The first-order valence-electron chi connectivity index (χ1n) is 8.13. The van der Waals surface area contributed by atoms with E-state index in [0.717, 1.165) is 17.9 Å². The molecular weight excluding hydrogens is 230 g/mol. The molecule has 2 atom stereocenters. The molecule has 0 N–H and O–H groups in total. The van der Waals surface area contributed by atoms with Gasteiger partial charge < -0.3 is 0 Å². The van der Waals surface area contributed by atoms with Gasteiger partial charge in [0.1, 0.15) is 0 Å². The smallest absolute Gasteiger partial charge is 0.00954 e. The van der Waals surface area contributed by atoms with Crippen LogP contribution in [0.1, 0.15) is 56.9 Å². The molecule has 0 bridgehead atoms. The fraction of sp³-hybridized carbons (Fsp3) is 0.667. The summed E-state index contributed by atoms with van der Waals surface area (Å²) >= 11 is 0. The number of nitrogens with zero attached hydrogens (tertiary/aromatic N) is 1. The summed E-state index contributed by atoms with van der Waals surface area (Å²) < 4.78 is 0. The van der Waals surface area contributed by atoms with Gasteiger partial charge >= 0.3 is 0 Å². The van der Waals surface area contributed by atoms with Gasteiger partial charge in [0.25, 0.3) is 0 Å². The molecule has 1 saturated heterocycles. The lowest BCUT2D eigenvalue weighted by atomic mass is 9.84. The number of rotatable bonds is 3. The van der Waals surface area contributed by atoms with Crippen LogP contribution in [0.5, 0.6) is 0 Å². The molecule has 104 valence electrons. The first kappa shape index (κ1) is 13.2. The molecule has 0 amide bonds. The van der Waals surface area contributed by atoms with Gasteiger partial charge in [-0.3, -0.25) is 4.90 Å². The van der Waals surface area contributed by atoms with Crippen LogP contribution in [0.3, 0.4) is 0 Å². The summed E-state index contributed by atoms with van der Waals surface area (Å²) in [5.41, 5.74) is 1.54. The Kier molecular flexibility index (Phi) is 4.22. The number of hydrogen-bond acceptors (Lipinski definition) is 1. The highest BCUT2D eigenvalue weighted by Gasteiger charge is 2.31. The summed E-state index contributed by atoms with van der Waals surface area (Å²) in [6.07, 6.45) is 8.67. The Morgan fingerprint density at radius 3 is 2.47 bits per heavy atom. The topological polar surface area (TPSA) is 3.24 Å². The van der Waals surface area contributed by atoms with Crippen molar-refractivity contribution in [1.82, 2.24) is 4.90 Å². The molecule has 19 heavy (non-hydrogen) atoms. The van der Waals surface area contributed by atoms with Crippen LogP contribution in [0.2, 0.25) is 0 Å². The third-order valence-electron chi connectivity index (χ3n) is 5.40. The van der Waals surface area contributed by atoms with E-state index in [4.69, 9.17) is 0 Å². The summed E-state index contributed by atoms with van der Waals surface area (Å²) in [6.45, 7) is 5.06. The largest absolute Gasteiger partial charge is 0.300 e. The Morgan fingerprint density at radius 2 is 1.74 bits per heavy atom. The van der Waals surface area contributed by atoms with Gasteiger partial charge in [0, 0.05) is 12.6 Å². The third kappa shape index (κ3) is 3.02. The molecule has 2 aliphatic rings. The lowest BCUT2D eigenvalue weighted by Crippen LogP contribution is -2.37. The van der Waals surface area contributed by atoms with E-state index in [0.29, 0.717) is 0 Å². The molecule has 0 aromatic heterocycles. The Bertz CT molecular complexity index is 380. The third-order valence-corrected chi connectivity index (χ3v) is 5.40. The second-order valence-electron chi connectivity index (χ2n) is 6.53. The summed E-state index contributed by atoms with van der Waals surface area (Å²) in [6, 6.07) is 11.9. The second kappa shape index (κ2) is 6.09. The van der Waals surface area contributed by atoms with Crippen LogP contribution in [0.4, 0.5) is 0 Å². The molecule has 0 radical (unpaired) electrons. The average Bonchev–Trinajstić information content (AvgIpc) is 2.98. The highest BCUT2D eigenvalue weighted by molar-refractivity contribution is 5.21. The van der Waals surface area contributed by atoms with E-state index in [-0.39, 0.29) is 0 Å². The minimum Gasteiger partial charge on any atom is -0.300 e. The van der Waals surface area contributed by atoms with Crippen LogP contribution < -0.4 is 0 Å². The quantitative estimate of drug-likeness (QED) is 0.773. The van der Waals surface area contributed by atoms with Gasteiger partial charge in [-0.25, -0.2) is 0 Å². The zero-order valence-corrected chi connectivity index (χ0v) is 12.2. The Balaban J connectivity index is 1.59. The van der Waals surface area contributed by atoms with Crippen molar-refractivity contribution in [3.8, 4) is 0 Å². The van der Waals surface area contributed by atoms with E-state index in [1.54, 1.807) is 5.56 Å². The molecule has 3 rings (SSSR count). The first-order chi connectivity index (χ1) is 9.34. The predicted octanol–water partition coefficient (Wildman–Crippen LogP) is 4.44. The fourth-order valence-corrected chi connectivity index (χ4v) is 4.07. The molecule has 1 saturated carbocycles. The average molecular weight is 257 g/mol. The Morgan fingerprint density at radius 1 is 1.00 bits per heavy atom. The Labute approximate surface area is 118 Å². The van der Waals surface area contributed by atoms with Crippen molar-refractivity contribution in [2.75, 3.05) is 13.1 Å². The van der Waals surface area contributed by atoms with E-state index in [1.807, 2.05) is 0 Å². The van der Waals surface area contributed by atoms with Gasteiger partial charge in [-0.1, -0.05) is 49.6 Å². The molecule has 1 aromatic rings. The number of likely N-dealkylation sites (tertiary alicyclic amines) is 1. The minimum absolute atomic E-state index is 0.771. The lowest BCUT2D eigenvalue weighted by Gasteiger charge is -2.34. The van der Waals surface area contributed by atoms with Crippen LogP contribution >= 0.6 is 0 Å². The molecular formula is C18H27N. The molecule has 1 aliphatic carbocycles. The van der Waals surface area contributed by atoms with Crippen LogP contribution in [0.15, 0.2) is 30.3 Å². The molecule has 1 aromatic carbocycles. The Hall–Kier alpha value is -0.820. The summed E-state index contributed by atoms with van der Waals surface area (Å²) in [7, 11) is 0. The van der Waals surface area contributed by atoms with Gasteiger partial charge in [-0.05, 0) is 50.1 Å². The summed E-state index contributed by atoms with van der Waals surface area (Å²) in [4.78, 5) is 2.76. The van der Waals surface area contributed by atoms with Crippen molar-refractivity contribution >= 4 is 0 Å². The maximum absolute atomic E-state index is 2.76. The van der Waals surface area contributed by atoms with Crippen molar-refractivity contribution in [3.05, 3.63) is 35.9 Å². The molecule has 0 spiro atoms. The standard InChI is InChI=1S/C18H27N/c1-15(16-8-4-2-5-9-16)19-13-12-18(14-19)17-10-6-3-7-11-17/h3,6-7,10-11,15-16,18H,2,4-5,8-9,12-14H2,1H3.